The Morgan fingerprint density at radius 3 is 2.53 bits per heavy atom. The number of hydrogen-bond donors (Lipinski definition) is 1. The van der Waals surface area contributed by atoms with Crippen LogP contribution in [0.4, 0.5) is 0 Å². The number of primary amides is 1. The zero-order chi connectivity index (χ0) is 12.4. The second-order valence-corrected chi connectivity index (χ2v) is 4.72. The highest BCUT2D eigenvalue weighted by molar-refractivity contribution is 8.20. The molecule has 6 heteroatoms. The summed E-state index contributed by atoms with van der Waals surface area (Å²) in [5.74, 6) is -1.14. The Hall–Kier alpha value is -1.59. The fourth-order valence-electron chi connectivity index (χ4n) is 1.22. The molecule has 0 saturated carbocycles. The van der Waals surface area contributed by atoms with Gasteiger partial charge in [-0.2, -0.15) is 4.99 Å². The largest absolute Gasteiger partial charge is 0.364 e. The third-order valence-corrected chi connectivity index (χ3v) is 3.25. The number of thioether (sulfide) groups is 1. The second-order valence-electron chi connectivity index (χ2n) is 3.25. The highest BCUT2D eigenvalue weighted by atomic mass is 35.5. The predicted molar refractivity (Wildman–Crippen MR) is 68.7 cm³/mol. The highest BCUT2D eigenvalue weighted by Gasteiger charge is 2.24. The first-order valence-corrected chi connectivity index (χ1v) is 5.83. The Morgan fingerprint density at radius 2 is 2.00 bits per heavy atom. The standard InChI is InChI=1S/C11H7ClN2O2S/c12-7-3-1-6(2-4-7)5-8-10(16)14-11(17-8)9(13)15/h1-5H,(H2,13,15). The molecule has 2 rings (SSSR count). The van der Waals surface area contributed by atoms with Crippen molar-refractivity contribution >= 4 is 46.3 Å². The summed E-state index contributed by atoms with van der Waals surface area (Å²) in [6, 6.07) is 6.97. The molecule has 0 radical (unpaired) electrons. The zero-order valence-corrected chi connectivity index (χ0v) is 10.1. The van der Waals surface area contributed by atoms with Crippen molar-refractivity contribution in [2.24, 2.45) is 10.7 Å². The van der Waals surface area contributed by atoms with E-state index in [1.165, 1.54) is 0 Å². The van der Waals surface area contributed by atoms with E-state index in [9.17, 15) is 9.59 Å². The van der Waals surface area contributed by atoms with Gasteiger partial charge in [-0.15, -0.1) is 0 Å². The second kappa shape index (κ2) is 4.73. The lowest BCUT2D eigenvalue weighted by Gasteiger charge is -1.96. The molecule has 17 heavy (non-hydrogen) atoms. The first kappa shape index (κ1) is 11.9. The molecule has 1 heterocycles. The van der Waals surface area contributed by atoms with Gasteiger partial charge in [-0.05, 0) is 23.8 Å². The van der Waals surface area contributed by atoms with Gasteiger partial charge < -0.3 is 5.73 Å². The summed E-state index contributed by atoms with van der Waals surface area (Å²) in [5, 5.41) is 0.641. The quantitative estimate of drug-likeness (QED) is 0.830. The van der Waals surface area contributed by atoms with Crippen LogP contribution in [0.1, 0.15) is 5.56 Å². The number of carbonyl (C=O) groups excluding carboxylic acids is 2. The lowest BCUT2D eigenvalue weighted by Crippen LogP contribution is -2.18. The highest BCUT2D eigenvalue weighted by Crippen LogP contribution is 2.28. The normalized spacial score (nSPS) is 17.4. The Labute approximate surface area is 107 Å². The maximum absolute atomic E-state index is 11.4. The van der Waals surface area contributed by atoms with E-state index in [2.05, 4.69) is 4.99 Å². The topological polar surface area (TPSA) is 72.5 Å². The number of carbonyl (C=O) groups is 2. The van der Waals surface area contributed by atoms with E-state index >= 15 is 0 Å². The van der Waals surface area contributed by atoms with Crippen molar-refractivity contribution in [3.63, 3.8) is 0 Å². The van der Waals surface area contributed by atoms with Gasteiger partial charge in [0.05, 0.1) is 4.91 Å². The molecule has 0 unspecified atom stereocenters. The molecule has 0 spiro atoms. The first-order chi connectivity index (χ1) is 8.06. The molecule has 4 nitrogen and oxygen atoms in total. The minimum Gasteiger partial charge on any atom is -0.364 e. The maximum atomic E-state index is 11.4. The van der Waals surface area contributed by atoms with Crippen LogP contribution in [0.25, 0.3) is 6.08 Å². The number of amides is 2. The molecule has 0 aliphatic carbocycles. The number of hydrogen-bond acceptors (Lipinski definition) is 3. The van der Waals surface area contributed by atoms with Crippen molar-refractivity contribution in [2.75, 3.05) is 0 Å². The van der Waals surface area contributed by atoms with Gasteiger partial charge in [0.15, 0.2) is 5.04 Å². The van der Waals surface area contributed by atoms with E-state index in [0.717, 1.165) is 17.3 Å². The third-order valence-electron chi connectivity index (χ3n) is 2.00. The van der Waals surface area contributed by atoms with Gasteiger partial charge in [-0.1, -0.05) is 35.5 Å². The predicted octanol–water partition coefficient (Wildman–Crippen LogP) is 1.84. The Bertz CT molecular complexity index is 549. The smallest absolute Gasteiger partial charge is 0.285 e. The maximum Gasteiger partial charge on any atom is 0.285 e. The minimum atomic E-state index is -0.692. The molecule has 0 saturated heterocycles. The number of aliphatic imine (C=N–C) groups is 1. The van der Waals surface area contributed by atoms with Gasteiger partial charge >= 0.3 is 0 Å². The van der Waals surface area contributed by atoms with Crippen LogP contribution in [0.2, 0.25) is 5.02 Å². The van der Waals surface area contributed by atoms with Gasteiger partial charge in [0, 0.05) is 5.02 Å². The molecule has 0 atom stereocenters. The fourth-order valence-corrected chi connectivity index (χ4v) is 2.12. The molecule has 86 valence electrons. The van der Waals surface area contributed by atoms with Crippen LogP contribution < -0.4 is 5.73 Å². The van der Waals surface area contributed by atoms with Gasteiger partial charge in [-0.3, -0.25) is 9.59 Å². The van der Waals surface area contributed by atoms with Gasteiger partial charge in [0.2, 0.25) is 0 Å². The number of nitrogens with two attached hydrogens (primary N) is 1. The molecule has 1 aliphatic heterocycles. The van der Waals surface area contributed by atoms with Crippen molar-refractivity contribution in [1.29, 1.82) is 0 Å². The van der Waals surface area contributed by atoms with E-state index in [1.54, 1.807) is 30.3 Å². The number of benzene rings is 1. The van der Waals surface area contributed by atoms with E-state index in [-0.39, 0.29) is 5.04 Å². The summed E-state index contributed by atoms with van der Waals surface area (Å²) in [5.41, 5.74) is 5.86. The summed E-state index contributed by atoms with van der Waals surface area (Å²) in [4.78, 5) is 26.2. The van der Waals surface area contributed by atoms with Gasteiger partial charge in [0.1, 0.15) is 0 Å². The van der Waals surface area contributed by atoms with Crippen LogP contribution in [-0.2, 0) is 9.59 Å². The average molecular weight is 267 g/mol. The lowest BCUT2D eigenvalue weighted by atomic mass is 10.2. The van der Waals surface area contributed by atoms with E-state index in [4.69, 9.17) is 17.3 Å². The van der Waals surface area contributed by atoms with Crippen molar-refractivity contribution in [3.8, 4) is 0 Å². The summed E-state index contributed by atoms with van der Waals surface area (Å²) in [6.45, 7) is 0. The SMILES string of the molecule is NC(=O)C1=NC(=O)C(=Cc2ccc(Cl)cc2)S1. The molecule has 1 aromatic rings. The first-order valence-electron chi connectivity index (χ1n) is 4.64. The summed E-state index contributed by atoms with van der Waals surface area (Å²) in [6.07, 6.45) is 1.64. The molecule has 0 fully saturated rings. The minimum absolute atomic E-state index is 0.0233. The molecule has 1 aromatic carbocycles. The summed E-state index contributed by atoms with van der Waals surface area (Å²) in [7, 11) is 0. The molecular weight excluding hydrogens is 260 g/mol. The fraction of sp³-hybridized carbons (Fsp3) is 0. The Kier molecular flexibility index (Phi) is 3.31. The number of rotatable bonds is 2. The Balaban J connectivity index is 2.23. The van der Waals surface area contributed by atoms with Crippen LogP contribution >= 0.6 is 23.4 Å². The van der Waals surface area contributed by atoms with Crippen molar-refractivity contribution in [1.82, 2.24) is 0 Å². The van der Waals surface area contributed by atoms with Gasteiger partial charge in [-0.25, -0.2) is 0 Å². The molecule has 2 N–H and O–H groups in total. The van der Waals surface area contributed by atoms with Crippen LogP contribution in [0.5, 0.6) is 0 Å². The third kappa shape index (κ3) is 2.75. The number of halogens is 1. The van der Waals surface area contributed by atoms with E-state index < -0.39 is 11.8 Å². The Morgan fingerprint density at radius 1 is 1.35 bits per heavy atom. The van der Waals surface area contributed by atoms with Crippen LogP contribution in [0.15, 0.2) is 34.2 Å². The lowest BCUT2D eigenvalue weighted by molar-refractivity contribution is -0.114. The van der Waals surface area contributed by atoms with Crippen LogP contribution in [-0.4, -0.2) is 16.9 Å². The summed E-state index contributed by atoms with van der Waals surface area (Å²) < 4.78 is 0. The molecule has 0 bridgehead atoms. The van der Waals surface area contributed by atoms with E-state index in [0.29, 0.717) is 9.93 Å². The molecule has 2 amide bonds. The summed E-state index contributed by atoms with van der Waals surface area (Å²) >= 11 is 6.72. The van der Waals surface area contributed by atoms with Crippen molar-refractivity contribution in [3.05, 3.63) is 39.8 Å². The zero-order valence-electron chi connectivity index (χ0n) is 8.51. The van der Waals surface area contributed by atoms with Crippen molar-refractivity contribution in [2.45, 2.75) is 0 Å². The monoisotopic (exact) mass is 266 g/mol. The molecule has 1 aliphatic rings. The average Bonchev–Trinajstić information content (AvgIpc) is 2.64. The molecule has 0 aromatic heterocycles. The van der Waals surface area contributed by atoms with Gasteiger partial charge in [0.25, 0.3) is 11.8 Å². The molecular formula is C11H7ClN2O2S. The van der Waals surface area contributed by atoms with Crippen LogP contribution in [0.3, 0.4) is 0 Å². The number of nitrogens with zero attached hydrogens (tertiary/aromatic N) is 1. The van der Waals surface area contributed by atoms with Crippen molar-refractivity contribution < 1.29 is 9.59 Å². The van der Waals surface area contributed by atoms with E-state index in [1.807, 2.05) is 0 Å². The van der Waals surface area contributed by atoms with Crippen LogP contribution in [0, 0.1) is 0 Å².